The molecule has 0 saturated heterocycles. The predicted molar refractivity (Wildman–Crippen MR) is 80.4 cm³/mol. The number of rotatable bonds is 2. The van der Waals surface area contributed by atoms with Crippen molar-refractivity contribution in [3.8, 4) is 0 Å². The average Bonchev–Trinajstić information content (AvgIpc) is 2.68. The molecule has 0 atom stereocenters. The van der Waals surface area contributed by atoms with Gasteiger partial charge in [-0.3, -0.25) is 4.90 Å². The van der Waals surface area contributed by atoms with Crippen LogP contribution in [0.4, 0.5) is 4.79 Å². The molecule has 0 unspecified atom stereocenters. The van der Waals surface area contributed by atoms with Gasteiger partial charge in [0.2, 0.25) is 0 Å². The lowest BCUT2D eigenvalue weighted by atomic mass is 10.0. The molecule has 0 radical (unpaired) electrons. The van der Waals surface area contributed by atoms with Gasteiger partial charge in [-0.25, -0.2) is 4.79 Å². The molecule has 0 aliphatic carbocycles. The van der Waals surface area contributed by atoms with Crippen LogP contribution in [0.5, 0.6) is 0 Å². The minimum Gasteiger partial charge on any atom is -0.444 e. The normalized spacial score (nSPS) is 14.1. The van der Waals surface area contributed by atoms with E-state index in [2.05, 4.69) is 24.8 Å². The standard InChI is InChI=1S/C17H23NO2/c1-12(2)8-13-6-7-14-10-18(11-15(14)9-13)16(19)20-17(3,4)5/h6-7,9H,1,8,10-11H2,2-5H3. The lowest BCUT2D eigenvalue weighted by molar-refractivity contribution is 0.0242. The van der Waals surface area contributed by atoms with E-state index in [0.29, 0.717) is 13.1 Å². The SMILES string of the molecule is C=C(C)Cc1ccc2c(c1)CN(C(=O)OC(C)(C)C)C2. The van der Waals surface area contributed by atoms with Crippen LogP contribution in [0.3, 0.4) is 0 Å². The van der Waals surface area contributed by atoms with Crippen LogP contribution in [0.15, 0.2) is 30.4 Å². The van der Waals surface area contributed by atoms with Crippen molar-refractivity contribution in [1.82, 2.24) is 4.90 Å². The van der Waals surface area contributed by atoms with Crippen molar-refractivity contribution in [1.29, 1.82) is 0 Å². The highest BCUT2D eigenvalue weighted by Gasteiger charge is 2.27. The molecule has 20 heavy (non-hydrogen) atoms. The first-order valence-electron chi connectivity index (χ1n) is 6.97. The van der Waals surface area contributed by atoms with Gasteiger partial charge in [0, 0.05) is 13.1 Å². The molecule has 3 nitrogen and oxygen atoms in total. The lowest BCUT2D eigenvalue weighted by Gasteiger charge is -2.24. The van der Waals surface area contributed by atoms with Gasteiger partial charge < -0.3 is 4.74 Å². The number of carbonyl (C=O) groups is 1. The van der Waals surface area contributed by atoms with Gasteiger partial charge in [0.1, 0.15) is 5.60 Å². The van der Waals surface area contributed by atoms with Gasteiger partial charge in [0.25, 0.3) is 0 Å². The largest absolute Gasteiger partial charge is 0.444 e. The number of benzene rings is 1. The topological polar surface area (TPSA) is 29.5 Å². The maximum absolute atomic E-state index is 12.1. The van der Waals surface area contributed by atoms with Gasteiger partial charge in [0.15, 0.2) is 0 Å². The van der Waals surface area contributed by atoms with Crippen LogP contribution in [0.2, 0.25) is 0 Å². The Bertz CT molecular complexity index is 540. The number of ether oxygens (including phenoxy) is 1. The average molecular weight is 273 g/mol. The predicted octanol–water partition coefficient (Wildman–Crippen LogP) is 4.06. The van der Waals surface area contributed by atoms with Crippen molar-refractivity contribution in [2.24, 2.45) is 0 Å². The van der Waals surface area contributed by atoms with Crippen molar-refractivity contribution < 1.29 is 9.53 Å². The third kappa shape index (κ3) is 3.62. The van der Waals surface area contributed by atoms with Crippen molar-refractivity contribution >= 4 is 6.09 Å². The summed E-state index contributed by atoms with van der Waals surface area (Å²) < 4.78 is 5.42. The summed E-state index contributed by atoms with van der Waals surface area (Å²) in [6.45, 7) is 12.9. The highest BCUT2D eigenvalue weighted by atomic mass is 16.6. The number of carbonyl (C=O) groups excluding carboxylic acids is 1. The molecule has 0 bridgehead atoms. The second-order valence-corrected chi connectivity index (χ2v) is 6.57. The van der Waals surface area contributed by atoms with Crippen molar-refractivity contribution in [3.05, 3.63) is 47.0 Å². The minimum absolute atomic E-state index is 0.241. The van der Waals surface area contributed by atoms with E-state index in [1.54, 1.807) is 4.90 Å². The molecule has 2 rings (SSSR count). The van der Waals surface area contributed by atoms with Crippen LogP contribution >= 0.6 is 0 Å². The summed E-state index contributed by atoms with van der Waals surface area (Å²) >= 11 is 0. The molecule has 1 amide bonds. The molecule has 0 saturated carbocycles. The monoisotopic (exact) mass is 273 g/mol. The fourth-order valence-corrected chi connectivity index (χ4v) is 2.36. The van der Waals surface area contributed by atoms with E-state index in [0.717, 1.165) is 12.0 Å². The summed E-state index contributed by atoms with van der Waals surface area (Å²) in [6.07, 6.45) is 0.648. The van der Waals surface area contributed by atoms with E-state index < -0.39 is 5.60 Å². The Morgan fingerprint density at radius 1 is 1.30 bits per heavy atom. The summed E-state index contributed by atoms with van der Waals surface area (Å²) in [7, 11) is 0. The van der Waals surface area contributed by atoms with E-state index in [4.69, 9.17) is 4.74 Å². The van der Waals surface area contributed by atoms with Gasteiger partial charge in [-0.1, -0.05) is 30.4 Å². The molecule has 0 fully saturated rings. The molecule has 1 aromatic rings. The van der Waals surface area contributed by atoms with Gasteiger partial charge in [-0.2, -0.15) is 0 Å². The molecule has 0 N–H and O–H groups in total. The third-order valence-electron chi connectivity index (χ3n) is 3.15. The number of amides is 1. The van der Waals surface area contributed by atoms with Crippen LogP contribution in [-0.4, -0.2) is 16.6 Å². The summed E-state index contributed by atoms with van der Waals surface area (Å²) in [6, 6.07) is 6.40. The number of allylic oxidation sites excluding steroid dienone is 1. The second kappa shape index (κ2) is 5.31. The van der Waals surface area contributed by atoms with Crippen LogP contribution in [0, 0.1) is 0 Å². The Balaban J connectivity index is 2.07. The number of fused-ring (bicyclic) bond motifs is 1. The first-order valence-corrected chi connectivity index (χ1v) is 6.97. The maximum atomic E-state index is 12.1. The second-order valence-electron chi connectivity index (χ2n) is 6.57. The van der Waals surface area contributed by atoms with E-state index in [9.17, 15) is 4.79 Å². The van der Waals surface area contributed by atoms with Gasteiger partial charge in [-0.15, -0.1) is 0 Å². The van der Waals surface area contributed by atoms with Gasteiger partial charge in [-0.05, 0) is 50.8 Å². The number of nitrogens with zero attached hydrogens (tertiary/aromatic N) is 1. The molecule has 1 heterocycles. The molecule has 1 aliphatic heterocycles. The number of hydrogen-bond donors (Lipinski definition) is 0. The van der Waals surface area contributed by atoms with Crippen LogP contribution < -0.4 is 0 Å². The molecule has 108 valence electrons. The van der Waals surface area contributed by atoms with Gasteiger partial charge in [0.05, 0.1) is 0 Å². The maximum Gasteiger partial charge on any atom is 0.410 e. The minimum atomic E-state index is -0.447. The zero-order valence-electron chi connectivity index (χ0n) is 12.8. The van der Waals surface area contributed by atoms with Crippen LogP contribution in [-0.2, 0) is 24.2 Å². The number of hydrogen-bond acceptors (Lipinski definition) is 2. The molecule has 3 heteroatoms. The highest BCUT2D eigenvalue weighted by molar-refractivity contribution is 5.69. The Kier molecular flexibility index (Phi) is 3.89. The van der Waals surface area contributed by atoms with Gasteiger partial charge >= 0.3 is 6.09 Å². The zero-order chi connectivity index (χ0) is 14.9. The lowest BCUT2D eigenvalue weighted by Crippen LogP contribution is -2.33. The first-order chi connectivity index (χ1) is 9.24. The van der Waals surface area contributed by atoms with E-state index in [-0.39, 0.29) is 6.09 Å². The quantitative estimate of drug-likeness (QED) is 0.761. The van der Waals surface area contributed by atoms with E-state index in [1.807, 2.05) is 27.7 Å². The summed E-state index contributed by atoms with van der Waals surface area (Å²) in [5.74, 6) is 0. The fourth-order valence-electron chi connectivity index (χ4n) is 2.36. The van der Waals surface area contributed by atoms with Crippen molar-refractivity contribution in [3.63, 3.8) is 0 Å². The highest BCUT2D eigenvalue weighted by Crippen LogP contribution is 2.26. The van der Waals surface area contributed by atoms with Crippen molar-refractivity contribution in [2.75, 3.05) is 0 Å². The smallest absolute Gasteiger partial charge is 0.410 e. The Morgan fingerprint density at radius 2 is 1.95 bits per heavy atom. The summed E-state index contributed by atoms with van der Waals surface area (Å²) in [5.41, 5.74) is 4.38. The first kappa shape index (κ1) is 14.6. The molecule has 1 aromatic carbocycles. The molecular formula is C17H23NO2. The third-order valence-corrected chi connectivity index (χ3v) is 3.15. The van der Waals surface area contributed by atoms with E-state index >= 15 is 0 Å². The Labute approximate surface area is 121 Å². The van der Waals surface area contributed by atoms with Crippen LogP contribution in [0.1, 0.15) is 44.4 Å². The summed E-state index contributed by atoms with van der Waals surface area (Å²) in [4.78, 5) is 13.8. The fraction of sp³-hybridized carbons (Fsp3) is 0.471. The zero-order valence-corrected chi connectivity index (χ0v) is 12.8. The Morgan fingerprint density at radius 3 is 2.55 bits per heavy atom. The Hall–Kier alpha value is -1.77. The van der Waals surface area contributed by atoms with Crippen LogP contribution in [0.25, 0.3) is 0 Å². The molecule has 0 aromatic heterocycles. The molecular weight excluding hydrogens is 250 g/mol. The van der Waals surface area contributed by atoms with E-state index in [1.165, 1.54) is 16.7 Å². The summed E-state index contributed by atoms with van der Waals surface area (Å²) in [5, 5.41) is 0. The molecule has 0 spiro atoms. The molecule has 1 aliphatic rings. The van der Waals surface area contributed by atoms with Crippen molar-refractivity contribution in [2.45, 2.75) is 52.8 Å².